The van der Waals surface area contributed by atoms with Crippen molar-refractivity contribution in [3.63, 3.8) is 0 Å². The lowest BCUT2D eigenvalue weighted by Gasteiger charge is -2.42. The molecule has 2 aliphatic heterocycles. The van der Waals surface area contributed by atoms with E-state index in [0.717, 1.165) is 41.1 Å². The van der Waals surface area contributed by atoms with E-state index in [9.17, 15) is 0 Å². The molecule has 9 aromatic carbocycles. The Morgan fingerprint density at radius 3 is 1.84 bits per heavy atom. The third-order valence-corrected chi connectivity index (χ3v) is 20.9. The van der Waals surface area contributed by atoms with Crippen LogP contribution >= 0.6 is 11.3 Å². The quantitative estimate of drug-likeness (QED) is 0.164. The fourth-order valence-corrected chi connectivity index (χ4v) is 16.4. The molecule has 2 aliphatic carbocycles. The highest BCUT2D eigenvalue weighted by Gasteiger charge is 2.50. The number of hydrogen-bond donors (Lipinski definition) is 0. The molecule has 12 aromatic rings. The Balaban J connectivity index is 1.08. The van der Waals surface area contributed by atoms with Crippen molar-refractivity contribution in [3.05, 3.63) is 203 Å². The zero-order valence-electron chi connectivity index (χ0n) is 48.8. The van der Waals surface area contributed by atoms with E-state index in [1.165, 1.54) is 126 Å². The third-order valence-electron chi connectivity index (χ3n) is 19.7. The Labute approximate surface area is 480 Å². The summed E-state index contributed by atoms with van der Waals surface area (Å²) in [5.41, 5.74) is 26.1. The topological polar surface area (TPSA) is 24.6 Å². The lowest BCUT2D eigenvalue weighted by atomic mass is 9.46. The van der Waals surface area contributed by atoms with E-state index in [4.69, 9.17) is 4.42 Å². The minimum absolute atomic E-state index is 0.0102. The maximum absolute atomic E-state index is 7.51. The SMILES string of the molecule is CC(C)(C)c1ccc(N2B3c4sc5ccc(C(C)(C)C)cc5c4-n4c5cc6c(cc5c5c7oc8ccccc8c7c(c3c54)-c3cc4c(cc32)-c2cc(N(c3ccccc3)c3ccccc3)ccc2C4(C)C)C(C)(C)CCC6(C)C)cc1. The molecule has 0 radical (unpaired) electrons. The van der Waals surface area contributed by atoms with Crippen LogP contribution in [0.5, 0.6) is 0 Å². The van der Waals surface area contributed by atoms with Gasteiger partial charge in [0.25, 0.3) is 0 Å². The van der Waals surface area contributed by atoms with Crippen molar-refractivity contribution in [1.82, 2.24) is 4.57 Å². The van der Waals surface area contributed by atoms with Crippen LogP contribution in [-0.2, 0) is 27.1 Å². The van der Waals surface area contributed by atoms with Gasteiger partial charge >= 0.3 is 6.85 Å². The molecule has 398 valence electrons. The minimum Gasteiger partial charge on any atom is -0.455 e. The zero-order valence-corrected chi connectivity index (χ0v) is 49.6. The Kier molecular flexibility index (Phi) is 9.83. The van der Waals surface area contributed by atoms with E-state index >= 15 is 0 Å². The number of benzene rings is 9. The molecule has 4 nitrogen and oxygen atoms in total. The van der Waals surface area contributed by atoms with Crippen molar-refractivity contribution in [3.8, 4) is 27.9 Å². The van der Waals surface area contributed by atoms with Gasteiger partial charge in [-0.15, -0.1) is 11.3 Å². The van der Waals surface area contributed by atoms with E-state index in [-0.39, 0.29) is 33.9 Å². The van der Waals surface area contributed by atoms with Gasteiger partial charge in [0.1, 0.15) is 11.2 Å². The highest BCUT2D eigenvalue weighted by molar-refractivity contribution is 7.32. The Morgan fingerprint density at radius 1 is 0.531 bits per heavy atom. The molecule has 0 saturated carbocycles. The number of anilines is 5. The van der Waals surface area contributed by atoms with Crippen molar-refractivity contribution in [2.75, 3.05) is 9.71 Å². The van der Waals surface area contributed by atoms with Crippen LogP contribution in [0.2, 0.25) is 0 Å². The smallest absolute Gasteiger partial charge is 0.343 e. The molecule has 3 aromatic heterocycles. The molecular formula is C75H68BN3OS. The summed E-state index contributed by atoms with van der Waals surface area (Å²) in [4.78, 5) is 5.17. The van der Waals surface area contributed by atoms with E-state index < -0.39 is 0 Å². The summed E-state index contributed by atoms with van der Waals surface area (Å²) in [5.74, 6) is 0. The van der Waals surface area contributed by atoms with Crippen LogP contribution in [0.1, 0.15) is 129 Å². The number of fused-ring (bicyclic) bond motifs is 19. The van der Waals surface area contributed by atoms with E-state index in [1.54, 1.807) is 0 Å². The van der Waals surface area contributed by atoms with Crippen LogP contribution in [0.15, 0.2) is 174 Å². The largest absolute Gasteiger partial charge is 0.455 e. The fraction of sp³-hybridized carbons (Fsp3) is 0.253. The van der Waals surface area contributed by atoms with Crippen LogP contribution < -0.4 is 20.0 Å². The number of hydrogen-bond acceptors (Lipinski definition) is 4. The number of rotatable bonds is 4. The zero-order chi connectivity index (χ0) is 55.6. The summed E-state index contributed by atoms with van der Waals surface area (Å²) < 4.78 is 12.9. The standard InChI is InChI=1S/C75H68BN3OS/c1-71(2,3)43-27-30-47(31-28-43)79-60-41-51-50-38-48(77(45-21-15-13-16-22-45)46-23-17-14-18-24-46)32-33-55(50)75(11,12)56(51)39-53(60)63-64-49-25-19-20-26-61(49)80-69(64)65-52-40-57-58(74(9,10)36-35-73(57,7)8)42-59(52)78-67-54-37-44(72(4,5)6)29-34-62(54)81-70(67)76(79)66(63)68(65)78/h13-34,37-42H,35-36H2,1-12H3. The van der Waals surface area contributed by atoms with Crippen molar-refractivity contribution < 1.29 is 4.42 Å². The molecule has 0 spiro atoms. The second-order valence-electron chi connectivity index (χ2n) is 28.0. The molecule has 0 saturated heterocycles. The average Bonchev–Trinajstić information content (AvgIpc) is 4.33. The maximum atomic E-state index is 7.51. The first-order chi connectivity index (χ1) is 38.7. The lowest BCUT2D eigenvalue weighted by molar-refractivity contribution is 0.332. The van der Waals surface area contributed by atoms with Crippen molar-refractivity contribution in [1.29, 1.82) is 0 Å². The molecule has 0 N–H and O–H groups in total. The summed E-state index contributed by atoms with van der Waals surface area (Å²) in [7, 11) is 0. The number of furan rings is 1. The van der Waals surface area contributed by atoms with Gasteiger partial charge in [-0.1, -0.05) is 162 Å². The van der Waals surface area contributed by atoms with Gasteiger partial charge in [-0.3, -0.25) is 0 Å². The lowest BCUT2D eigenvalue weighted by Crippen LogP contribution is -2.59. The van der Waals surface area contributed by atoms with Crippen LogP contribution in [-0.4, -0.2) is 11.4 Å². The third kappa shape index (κ3) is 6.72. The molecule has 16 rings (SSSR count). The van der Waals surface area contributed by atoms with E-state index in [0.29, 0.717) is 0 Å². The summed E-state index contributed by atoms with van der Waals surface area (Å²) in [5, 5.41) is 6.22. The molecule has 0 amide bonds. The number of nitrogens with zero attached hydrogens (tertiary/aromatic N) is 3. The number of para-hydroxylation sites is 3. The van der Waals surface area contributed by atoms with Gasteiger partial charge in [0.2, 0.25) is 0 Å². The Morgan fingerprint density at radius 2 is 1.16 bits per heavy atom. The molecule has 0 unspecified atom stereocenters. The molecule has 4 aliphatic rings. The van der Waals surface area contributed by atoms with Gasteiger partial charge in [-0.25, -0.2) is 0 Å². The first kappa shape index (κ1) is 49.1. The summed E-state index contributed by atoms with van der Waals surface area (Å²) >= 11 is 2.00. The first-order valence-corrected chi connectivity index (χ1v) is 30.2. The summed E-state index contributed by atoms with van der Waals surface area (Å²) in [6.45, 7) is 28.7. The van der Waals surface area contributed by atoms with Gasteiger partial charge in [-0.2, -0.15) is 0 Å². The number of aromatic nitrogens is 1. The van der Waals surface area contributed by atoms with Crippen LogP contribution in [0.3, 0.4) is 0 Å². The molecule has 0 fully saturated rings. The highest BCUT2D eigenvalue weighted by atomic mass is 32.1. The van der Waals surface area contributed by atoms with Crippen LogP contribution in [0.4, 0.5) is 28.4 Å². The van der Waals surface area contributed by atoms with Gasteiger partial charge in [0, 0.05) is 70.4 Å². The highest BCUT2D eigenvalue weighted by Crippen LogP contribution is 2.59. The molecule has 6 heteroatoms. The number of thiophene rings is 1. The van der Waals surface area contributed by atoms with E-state index in [2.05, 4.69) is 267 Å². The fourth-order valence-electron chi connectivity index (χ4n) is 15.2. The normalized spacial score (nSPS) is 16.3. The minimum atomic E-state index is -0.297. The monoisotopic (exact) mass is 1070 g/mol. The Bertz CT molecular complexity index is 4650. The van der Waals surface area contributed by atoms with E-state index in [1.807, 2.05) is 11.3 Å². The van der Waals surface area contributed by atoms with Gasteiger partial charge in [0.15, 0.2) is 0 Å². The summed E-state index contributed by atoms with van der Waals surface area (Å²) in [6, 6.07) is 65.2. The maximum Gasteiger partial charge on any atom is 0.343 e. The molecule has 5 heterocycles. The molecular weight excluding hydrogens is 1000 g/mol. The predicted molar refractivity (Wildman–Crippen MR) is 347 cm³/mol. The predicted octanol–water partition coefficient (Wildman–Crippen LogP) is 19.9. The second-order valence-corrected chi connectivity index (χ2v) is 29.0. The molecule has 0 atom stereocenters. The van der Waals surface area contributed by atoms with Crippen molar-refractivity contribution in [2.24, 2.45) is 0 Å². The summed E-state index contributed by atoms with van der Waals surface area (Å²) in [6.07, 6.45) is 2.29. The average molecular weight is 1070 g/mol. The van der Waals surface area contributed by atoms with Crippen molar-refractivity contribution in [2.45, 2.75) is 123 Å². The Hall–Kier alpha value is -7.80. The molecule has 0 bridgehead atoms. The van der Waals surface area contributed by atoms with Crippen molar-refractivity contribution >= 4 is 111 Å². The second kappa shape index (κ2) is 16.2. The first-order valence-electron chi connectivity index (χ1n) is 29.4. The van der Waals surface area contributed by atoms with Gasteiger partial charge in [0.05, 0.1) is 22.1 Å². The molecule has 81 heavy (non-hydrogen) atoms. The van der Waals surface area contributed by atoms with Gasteiger partial charge in [-0.05, 0) is 181 Å². The van der Waals surface area contributed by atoms with Crippen LogP contribution in [0, 0.1) is 0 Å². The van der Waals surface area contributed by atoms with Gasteiger partial charge < -0.3 is 18.7 Å². The van der Waals surface area contributed by atoms with Crippen LogP contribution in [0.25, 0.3) is 81.8 Å².